The van der Waals surface area contributed by atoms with Gasteiger partial charge in [0.05, 0.1) is 18.4 Å². The van der Waals surface area contributed by atoms with Gasteiger partial charge in [0.1, 0.15) is 4.90 Å². The number of nitrogens with two attached hydrogens (primary N) is 1. The third kappa shape index (κ3) is 2.27. The molecule has 0 fully saturated rings. The van der Waals surface area contributed by atoms with Gasteiger partial charge < -0.3 is 10.5 Å². The third-order valence-corrected chi connectivity index (χ3v) is 3.02. The van der Waals surface area contributed by atoms with Crippen molar-refractivity contribution in [2.75, 3.05) is 19.1 Å². The molecule has 1 aromatic carbocycles. The van der Waals surface area contributed by atoms with Crippen LogP contribution in [0.25, 0.3) is 0 Å². The Kier molecular flexibility index (Phi) is 2.99. The van der Waals surface area contributed by atoms with Crippen molar-refractivity contribution in [2.45, 2.75) is 4.90 Å². The van der Waals surface area contributed by atoms with Crippen LogP contribution in [-0.2, 0) is 14.6 Å². The minimum absolute atomic E-state index is 0.0417. The van der Waals surface area contributed by atoms with Crippen LogP contribution in [0, 0.1) is 0 Å². The van der Waals surface area contributed by atoms with Gasteiger partial charge in [0.2, 0.25) is 0 Å². The Bertz CT molecular complexity index is 493. The van der Waals surface area contributed by atoms with Crippen LogP contribution < -0.4 is 5.73 Å². The molecule has 1 aromatic rings. The van der Waals surface area contributed by atoms with E-state index in [1.54, 1.807) is 0 Å². The summed E-state index contributed by atoms with van der Waals surface area (Å²) in [5.74, 6) is -0.720. The molecule has 82 valence electrons. The molecule has 0 bridgehead atoms. The molecular formula is C9H11NO4S. The molecule has 6 heteroatoms. The molecule has 0 atom stereocenters. The van der Waals surface area contributed by atoms with Gasteiger partial charge in [-0.3, -0.25) is 0 Å². The zero-order valence-electron chi connectivity index (χ0n) is 8.35. The number of rotatable bonds is 2. The average molecular weight is 229 g/mol. The van der Waals surface area contributed by atoms with Crippen LogP contribution >= 0.6 is 0 Å². The number of hydrogen-bond acceptors (Lipinski definition) is 5. The fraction of sp³-hybridized carbons (Fsp3) is 0.222. The zero-order chi connectivity index (χ0) is 11.6. The number of methoxy groups -OCH3 is 1. The quantitative estimate of drug-likeness (QED) is 0.588. The summed E-state index contributed by atoms with van der Waals surface area (Å²) in [5, 5.41) is 0. The Morgan fingerprint density at radius 3 is 2.47 bits per heavy atom. The van der Waals surface area contributed by atoms with Gasteiger partial charge in [-0.1, -0.05) is 6.07 Å². The van der Waals surface area contributed by atoms with E-state index in [-0.39, 0.29) is 16.1 Å². The smallest absolute Gasteiger partial charge is 0.339 e. The molecule has 0 spiro atoms. The summed E-state index contributed by atoms with van der Waals surface area (Å²) in [7, 11) is -2.37. The van der Waals surface area contributed by atoms with Crippen molar-refractivity contribution in [2.24, 2.45) is 0 Å². The SMILES string of the molecule is COC(=O)c1cccc(N)c1S(C)(=O)=O. The third-order valence-electron chi connectivity index (χ3n) is 1.82. The first-order valence-electron chi connectivity index (χ1n) is 4.04. The maximum Gasteiger partial charge on any atom is 0.339 e. The topological polar surface area (TPSA) is 86.5 Å². The van der Waals surface area contributed by atoms with E-state index < -0.39 is 15.8 Å². The standard InChI is InChI=1S/C9H11NO4S/c1-14-9(11)6-4-3-5-7(10)8(6)15(2,12)13/h3-5H,10H2,1-2H3. The minimum atomic E-state index is -3.55. The normalized spacial score (nSPS) is 11.1. The number of ether oxygens (including phenoxy) is 1. The second-order valence-corrected chi connectivity index (χ2v) is 4.94. The molecule has 5 nitrogen and oxygen atoms in total. The Hall–Kier alpha value is -1.56. The van der Waals surface area contributed by atoms with E-state index in [0.29, 0.717) is 0 Å². The molecule has 15 heavy (non-hydrogen) atoms. The molecule has 0 aliphatic heterocycles. The number of sulfone groups is 1. The highest BCUT2D eigenvalue weighted by atomic mass is 32.2. The molecule has 0 saturated heterocycles. The van der Waals surface area contributed by atoms with Crippen molar-refractivity contribution in [3.05, 3.63) is 23.8 Å². The maximum absolute atomic E-state index is 11.4. The molecule has 0 aliphatic carbocycles. The summed E-state index contributed by atoms with van der Waals surface area (Å²) < 4.78 is 27.3. The van der Waals surface area contributed by atoms with Crippen molar-refractivity contribution >= 4 is 21.5 Å². The van der Waals surface area contributed by atoms with Crippen molar-refractivity contribution < 1.29 is 17.9 Å². The molecule has 0 unspecified atom stereocenters. The number of esters is 1. The number of hydrogen-bond donors (Lipinski definition) is 1. The van der Waals surface area contributed by atoms with Gasteiger partial charge in [-0.15, -0.1) is 0 Å². The van der Waals surface area contributed by atoms with Crippen LogP contribution in [0.5, 0.6) is 0 Å². The van der Waals surface area contributed by atoms with E-state index in [0.717, 1.165) is 6.26 Å². The van der Waals surface area contributed by atoms with E-state index in [4.69, 9.17) is 5.73 Å². The number of nitrogen functional groups attached to an aromatic ring is 1. The molecule has 0 saturated carbocycles. The molecule has 0 aromatic heterocycles. The van der Waals surface area contributed by atoms with E-state index in [1.165, 1.54) is 25.3 Å². The highest BCUT2D eigenvalue weighted by Crippen LogP contribution is 2.23. The van der Waals surface area contributed by atoms with Gasteiger partial charge >= 0.3 is 5.97 Å². The van der Waals surface area contributed by atoms with E-state index in [1.807, 2.05) is 0 Å². The average Bonchev–Trinajstić information content (AvgIpc) is 2.14. The Morgan fingerprint density at radius 2 is 2.00 bits per heavy atom. The molecule has 2 N–H and O–H groups in total. The van der Waals surface area contributed by atoms with E-state index in [2.05, 4.69) is 4.74 Å². The van der Waals surface area contributed by atoms with Crippen molar-refractivity contribution in [1.29, 1.82) is 0 Å². The lowest BCUT2D eigenvalue weighted by atomic mass is 10.2. The van der Waals surface area contributed by atoms with Gasteiger partial charge in [-0.25, -0.2) is 13.2 Å². The Labute approximate surface area is 87.8 Å². The molecule has 0 aliphatic rings. The van der Waals surface area contributed by atoms with Gasteiger partial charge in [-0.05, 0) is 12.1 Å². The van der Waals surface area contributed by atoms with Crippen LogP contribution in [0.4, 0.5) is 5.69 Å². The van der Waals surface area contributed by atoms with Crippen LogP contribution in [0.2, 0.25) is 0 Å². The highest BCUT2D eigenvalue weighted by molar-refractivity contribution is 7.91. The van der Waals surface area contributed by atoms with E-state index >= 15 is 0 Å². The molecular weight excluding hydrogens is 218 g/mol. The Balaban J connectivity index is 3.54. The van der Waals surface area contributed by atoms with Gasteiger partial charge in [-0.2, -0.15) is 0 Å². The first-order valence-corrected chi connectivity index (χ1v) is 5.94. The summed E-state index contributed by atoms with van der Waals surface area (Å²) in [5.41, 5.74) is 5.51. The molecule has 0 radical (unpaired) electrons. The summed E-state index contributed by atoms with van der Waals surface area (Å²) in [6.07, 6.45) is 0.991. The fourth-order valence-corrected chi connectivity index (χ4v) is 2.29. The summed E-state index contributed by atoms with van der Waals surface area (Å²) in [6, 6.07) is 4.28. The maximum atomic E-state index is 11.4. The first kappa shape index (κ1) is 11.5. The number of carbonyl (C=O) groups excluding carboxylic acids is 1. The predicted molar refractivity (Wildman–Crippen MR) is 55.3 cm³/mol. The number of anilines is 1. The Morgan fingerprint density at radius 1 is 1.40 bits per heavy atom. The summed E-state index contributed by atoms with van der Waals surface area (Å²) in [4.78, 5) is 11.1. The van der Waals surface area contributed by atoms with Crippen LogP contribution in [0.15, 0.2) is 23.1 Å². The zero-order valence-corrected chi connectivity index (χ0v) is 9.17. The van der Waals surface area contributed by atoms with Crippen molar-refractivity contribution in [3.8, 4) is 0 Å². The number of benzene rings is 1. The van der Waals surface area contributed by atoms with Gasteiger partial charge in [0.15, 0.2) is 9.84 Å². The molecule has 0 heterocycles. The summed E-state index contributed by atoms with van der Waals surface area (Å²) in [6.45, 7) is 0. The lowest BCUT2D eigenvalue weighted by Gasteiger charge is -2.08. The lowest BCUT2D eigenvalue weighted by Crippen LogP contribution is -2.12. The molecule has 0 amide bonds. The van der Waals surface area contributed by atoms with Crippen molar-refractivity contribution in [3.63, 3.8) is 0 Å². The van der Waals surface area contributed by atoms with Gasteiger partial charge in [0.25, 0.3) is 0 Å². The highest BCUT2D eigenvalue weighted by Gasteiger charge is 2.21. The summed E-state index contributed by atoms with van der Waals surface area (Å²) >= 11 is 0. The second kappa shape index (κ2) is 3.90. The second-order valence-electron chi connectivity index (χ2n) is 2.99. The minimum Gasteiger partial charge on any atom is -0.465 e. The monoisotopic (exact) mass is 229 g/mol. The largest absolute Gasteiger partial charge is 0.465 e. The first-order chi connectivity index (χ1) is 6.88. The van der Waals surface area contributed by atoms with Gasteiger partial charge in [0, 0.05) is 6.26 Å². The van der Waals surface area contributed by atoms with Crippen LogP contribution in [0.3, 0.4) is 0 Å². The predicted octanol–water partition coefficient (Wildman–Crippen LogP) is 0.459. The number of carbonyl (C=O) groups is 1. The van der Waals surface area contributed by atoms with Crippen LogP contribution in [-0.4, -0.2) is 27.8 Å². The van der Waals surface area contributed by atoms with Crippen molar-refractivity contribution in [1.82, 2.24) is 0 Å². The fourth-order valence-electron chi connectivity index (χ4n) is 1.24. The van der Waals surface area contributed by atoms with E-state index in [9.17, 15) is 13.2 Å². The lowest BCUT2D eigenvalue weighted by molar-refractivity contribution is 0.0596. The molecule has 1 rings (SSSR count). The van der Waals surface area contributed by atoms with Crippen LogP contribution in [0.1, 0.15) is 10.4 Å².